The predicted molar refractivity (Wildman–Crippen MR) is 102 cm³/mol. The number of nitrogens with one attached hydrogen (secondary N) is 1. The van der Waals surface area contributed by atoms with Gasteiger partial charge in [0.05, 0.1) is 26.5 Å². The maximum absolute atomic E-state index is 5.49. The largest absolute Gasteiger partial charge is 0.494 e. The van der Waals surface area contributed by atoms with E-state index in [1.165, 1.54) is 0 Å². The van der Waals surface area contributed by atoms with Crippen molar-refractivity contribution in [3.8, 4) is 22.9 Å². The van der Waals surface area contributed by atoms with Gasteiger partial charge in [-0.3, -0.25) is 9.67 Å². The highest BCUT2D eigenvalue weighted by molar-refractivity contribution is 7.71. The van der Waals surface area contributed by atoms with Gasteiger partial charge in [-0.2, -0.15) is 5.10 Å². The summed E-state index contributed by atoms with van der Waals surface area (Å²) in [6.45, 7) is 2.62. The molecule has 0 atom stereocenters. The summed E-state index contributed by atoms with van der Waals surface area (Å²) in [7, 11) is 3.22. The highest BCUT2D eigenvalue weighted by Gasteiger charge is 2.12. The average Bonchev–Trinajstić information content (AvgIpc) is 3.03. The minimum absolute atomic E-state index is 0.526. The van der Waals surface area contributed by atoms with Crippen LogP contribution in [0.4, 0.5) is 0 Å². The molecule has 136 valence electrons. The standard InChI is InChI=1S/C19H21N3O3S/c1-4-25-15-8-5-13(6-9-15)11-18-20-21-19(26)22(18)14-7-10-16(23-2)17(12-14)24-3/h5-10,12H,4,11H2,1-3H3,(H,21,26). The molecule has 0 bridgehead atoms. The van der Waals surface area contributed by atoms with E-state index in [0.717, 1.165) is 22.8 Å². The molecule has 0 aliphatic carbocycles. The zero-order valence-corrected chi connectivity index (χ0v) is 15.8. The quantitative estimate of drug-likeness (QED) is 0.638. The van der Waals surface area contributed by atoms with E-state index in [4.69, 9.17) is 26.4 Å². The lowest BCUT2D eigenvalue weighted by Gasteiger charge is -2.12. The Hall–Kier alpha value is -2.80. The second-order valence-corrected chi connectivity index (χ2v) is 5.96. The van der Waals surface area contributed by atoms with Crippen LogP contribution in [0.1, 0.15) is 18.3 Å². The van der Waals surface area contributed by atoms with E-state index in [2.05, 4.69) is 10.2 Å². The summed E-state index contributed by atoms with van der Waals surface area (Å²) < 4.78 is 18.6. The fourth-order valence-electron chi connectivity index (χ4n) is 2.73. The lowest BCUT2D eigenvalue weighted by atomic mass is 10.1. The highest BCUT2D eigenvalue weighted by Crippen LogP contribution is 2.29. The molecule has 0 radical (unpaired) electrons. The number of hydrogen-bond donors (Lipinski definition) is 1. The Morgan fingerprint density at radius 1 is 1.04 bits per heavy atom. The van der Waals surface area contributed by atoms with Gasteiger partial charge in [0.1, 0.15) is 11.6 Å². The van der Waals surface area contributed by atoms with E-state index < -0.39 is 0 Å². The van der Waals surface area contributed by atoms with Crippen LogP contribution in [-0.4, -0.2) is 35.6 Å². The number of benzene rings is 2. The molecule has 2 aromatic carbocycles. The second-order valence-electron chi connectivity index (χ2n) is 5.57. The second kappa shape index (κ2) is 8.05. The molecule has 1 heterocycles. The van der Waals surface area contributed by atoms with Gasteiger partial charge < -0.3 is 14.2 Å². The molecule has 0 spiro atoms. The minimum atomic E-state index is 0.526. The Balaban J connectivity index is 1.93. The Bertz CT molecular complexity index is 932. The number of H-pyrrole nitrogens is 1. The van der Waals surface area contributed by atoms with Crippen LogP contribution in [0.2, 0.25) is 0 Å². The molecule has 6 nitrogen and oxygen atoms in total. The lowest BCUT2D eigenvalue weighted by molar-refractivity contribution is 0.340. The molecule has 26 heavy (non-hydrogen) atoms. The zero-order valence-electron chi connectivity index (χ0n) is 15.0. The first-order chi connectivity index (χ1) is 12.7. The maximum Gasteiger partial charge on any atom is 0.199 e. The maximum atomic E-state index is 5.49. The van der Waals surface area contributed by atoms with Crippen molar-refractivity contribution in [2.24, 2.45) is 0 Å². The summed E-state index contributed by atoms with van der Waals surface area (Å²) in [5.74, 6) is 2.97. The van der Waals surface area contributed by atoms with Gasteiger partial charge in [0.15, 0.2) is 16.3 Å². The van der Waals surface area contributed by atoms with Crippen LogP contribution in [0.25, 0.3) is 5.69 Å². The average molecular weight is 371 g/mol. The van der Waals surface area contributed by atoms with Gasteiger partial charge in [0.2, 0.25) is 0 Å². The number of methoxy groups -OCH3 is 2. The number of nitrogens with zero attached hydrogens (tertiary/aromatic N) is 2. The van der Waals surface area contributed by atoms with Crippen LogP contribution in [-0.2, 0) is 6.42 Å². The number of aromatic amines is 1. The fraction of sp³-hybridized carbons (Fsp3) is 0.263. The third-order valence-electron chi connectivity index (χ3n) is 3.96. The molecular weight excluding hydrogens is 350 g/mol. The first kappa shape index (κ1) is 18.0. The molecule has 0 fully saturated rings. The van der Waals surface area contributed by atoms with Gasteiger partial charge in [-0.1, -0.05) is 12.1 Å². The number of ether oxygens (including phenoxy) is 3. The molecule has 3 rings (SSSR count). The normalized spacial score (nSPS) is 10.6. The molecule has 1 aromatic heterocycles. The first-order valence-corrected chi connectivity index (χ1v) is 8.67. The lowest BCUT2D eigenvalue weighted by Crippen LogP contribution is -2.03. The van der Waals surface area contributed by atoms with Crippen molar-refractivity contribution in [1.82, 2.24) is 14.8 Å². The van der Waals surface area contributed by atoms with Gasteiger partial charge in [0, 0.05) is 12.5 Å². The van der Waals surface area contributed by atoms with Crippen LogP contribution in [0.3, 0.4) is 0 Å². The summed E-state index contributed by atoms with van der Waals surface area (Å²) in [5, 5.41) is 7.26. The van der Waals surface area contributed by atoms with E-state index in [-0.39, 0.29) is 0 Å². The van der Waals surface area contributed by atoms with Crippen molar-refractivity contribution >= 4 is 12.2 Å². The van der Waals surface area contributed by atoms with E-state index in [1.807, 2.05) is 54.0 Å². The fourth-order valence-corrected chi connectivity index (χ4v) is 2.99. The van der Waals surface area contributed by atoms with Gasteiger partial charge in [-0.15, -0.1) is 0 Å². The summed E-state index contributed by atoms with van der Waals surface area (Å²) in [6, 6.07) is 13.6. The number of aromatic nitrogens is 3. The smallest absolute Gasteiger partial charge is 0.199 e. The van der Waals surface area contributed by atoms with Crippen LogP contribution in [0.5, 0.6) is 17.2 Å². The molecule has 0 aliphatic rings. The van der Waals surface area contributed by atoms with E-state index in [0.29, 0.717) is 29.3 Å². The third kappa shape index (κ3) is 3.72. The van der Waals surface area contributed by atoms with Crippen molar-refractivity contribution in [2.75, 3.05) is 20.8 Å². The van der Waals surface area contributed by atoms with Crippen LogP contribution in [0, 0.1) is 4.77 Å². The summed E-state index contributed by atoms with van der Waals surface area (Å²) >= 11 is 5.42. The van der Waals surface area contributed by atoms with E-state index in [1.54, 1.807) is 14.2 Å². The minimum Gasteiger partial charge on any atom is -0.494 e. The van der Waals surface area contributed by atoms with Crippen molar-refractivity contribution in [1.29, 1.82) is 0 Å². The third-order valence-corrected chi connectivity index (χ3v) is 4.24. The molecule has 1 N–H and O–H groups in total. The Morgan fingerprint density at radius 3 is 2.42 bits per heavy atom. The Morgan fingerprint density at radius 2 is 1.77 bits per heavy atom. The molecule has 0 unspecified atom stereocenters. The first-order valence-electron chi connectivity index (χ1n) is 8.26. The van der Waals surface area contributed by atoms with E-state index in [9.17, 15) is 0 Å². The summed E-state index contributed by atoms with van der Waals surface area (Å²) in [5.41, 5.74) is 1.98. The van der Waals surface area contributed by atoms with Crippen molar-refractivity contribution < 1.29 is 14.2 Å². The molecule has 0 saturated heterocycles. The number of hydrogen-bond acceptors (Lipinski definition) is 5. The Kier molecular flexibility index (Phi) is 5.58. The van der Waals surface area contributed by atoms with Crippen molar-refractivity contribution in [3.05, 3.63) is 58.6 Å². The topological polar surface area (TPSA) is 61.3 Å². The van der Waals surface area contributed by atoms with Crippen LogP contribution in [0.15, 0.2) is 42.5 Å². The molecular formula is C19H21N3O3S. The van der Waals surface area contributed by atoms with Gasteiger partial charge in [-0.05, 0) is 49.0 Å². The molecule has 3 aromatic rings. The molecule has 0 saturated carbocycles. The Labute approximate surface area is 157 Å². The monoisotopic (exact) mass is 371 g/mol. The highest BCUT2D eigenvalue weighted by atomic mass is 32.1. The SMILES string of the molecule is CCOc1ccc(Cc2n[nH]c(=S)n2-c2ccc(OC)c(OC)c2)cc1. The van der Waals surface area contributed by atoms with Gasteiger partial charge >= 0.3 is 0 Å². The van der Waals surface area contributed by atoms with Crippen molar-refractivity contribution in [2.45, 2.75) is 13.3 Å². The van der Waals surface area contributed by atoms with Crippen LogP contribution >= 0.6 is 12.2 Å². The van der Waals surface area contributed by atoms with Crippen LogP contribution < -0.4 is 14.2 Å². The molecule has 0 aliphatic heterocycles. The molecule has 0 amide bonds. The zero-order chi connectivity index (χ0) is 18.5. The van der Waals surface area contributed by atoms with Gasteiger partial charge in [-0.25, -0.2) is 0 Å². The van der Waals surface area contributed by atoms with E-state index >= 15 is 0 Å². The predicted octanol–water partition coefficient (Wildman–Crippen LogP) is 3.94. The van der Waals surface area contributed by atoms with Crippen molar-refractivity contribution in [3.63, 3.8) is 0 Å². The summed E-state index contributed by atoms with van der Waals surface area (Å²) in [4.78, 5) is 0. The molecule has 7 heteroatoms. The summed E-state index contributed by atoms with van der Waals surface area (Å²) in [6.07, 6.45) is 0.633. The number of rotatable bonds is 7. The van der Waals surface area contributed by atoms with Gasteiger partial charge in [0.25, 0.3) is 0 Å².